The average molecular weight is 411 g/mol. The highest BCUT2D eigenvalue weighted by atomic mass is 32.2. The molecule has 2 aromatic carbocycles. The summed E-state index contributed by atoms with van der Waals surface area (Å²) in [6.45, 7) is 4.05. The van der Waals surface area contributed by atoms with Gasteiger partial charge in [0.2, 0.25) is 5.91 Å². The summed E-state index contributed by atoms with van der Waals surface area (Å²) in [5.41, 5.74) is 2.23. The minimum Gasteiger partial charge on any atom is -0.494 e. The molecule has 4 nitrogen and oxygen atoms in total. The minimum absolute atomic E-state index is 0.190. The maximum Gasteiger partial charge on any atom is 0.233 e. The Morgan fingerprint density at radius 2 is 1.96 bits per heavy atom. The van der Waals surface area contributed by atoms with Gasteiger partial charge in [0.25, 0.3) is 0 Å². The molecule has 1 aliphatic heterocycles. The van der Waals surface area contributed by atoms with E-state index in [1.165, 1.54) is 4.88 Å². The summed E-state index contributed by atoms with van der Waals surface area (Å²) < 4.78 is 5.51. The van der Waals surface area contributed by atoms with Crippen LogP contribution in [0.1, 0.15) is 17.5 Å². The van der Waals surface area contributed by atoms with E-state index in [-0.39, 0.29) is 5.91 Å². The summed E-state index contributed by atoms with van der Waals surface area (Å²) in [5.74, 6) is 1.54. The zero-order chi connectivity index (χ0) is 19.3. The van der Waals surface area contributed by atoms with Crippen LogP contribution in [0.4, 0.5) is 0 Å². The summed E-state index contributed by atoms with van der Waals surface area (Å²) in [6, 6.07) is 18.1. The van der Waals surface area contributed by atoms with Crippen LogP contribution in [-0.2, 0) is 17.8 Å². The van der Waals surface area contributed by atoms with Crippen LogP contribution < -0.4 is 4.74 Å². The second-order valence-corrected chi connectivity index (χ2v) is 8.65. The number of benzene rings is 2. The number of nitrogens with zero attached hydrogens (tertiary/aromatic N) is 2. The van der Waals surface area contributed by atoms with Gasteiger partial charge in [-0.15, -0.1) is 23.1 Å². The second kappa shape index (κ2) is 8.80. The van der Waals surface area contributed by atoms with Gasteiger partial charge in [-0.1, -0.05) is 18.2 Å². The SMILES string of the molecule is CCOc1ccc(-c2nc3c(s2)CN(C(=O)CSc2ccccc2)CC3)cc1. The predicted octanol–water partition coefficient (Wildman–Crippen LogP) is 4.89. The van der Waals surface area contributed by atoms with Gasteiger partial charge in [0.05, 0.1) is 24.6 Å². The maximum atomic E-state index is 12.6. The van der Waals surface area contributed by atoms with Crippen molar-refractivity contribution >= 4 is 29.0 Å². The van der Waals surface area contributed by atoms with Crippen molar-refractivity contribution in [1.82, 2.24) is 9.88 Å². The van der Waals surface area contributed by atoms with Gasteiger partial charge in [-0.3, -0.25) is 4.79 Å². The Bertz CT molecular complexity index is 939. The third-order valence-corrected chi connectivity index (χ3v) is 6.73. The van der Waals surface area contributed by atoms with Crippen LogP contribution in [0.5, 0.6) is 5.75 Å². The van der Waals surface area contributed by atoms with Crippen LogP contribution in [0.2, 0.25) is 0 Å². The number of rotatable bonds is 6. The van der Waals surface area contributed by atoms with E-state index in [2.05, 4.69) is 12.1 Å². The molecule has 0 bridgehead atoms. The molecule has 1 aliphatic rings. The van der Waals surface area contributed by atoms with Crippen LogP contribution in [0.25, 0.3) is 10.6 Å². The molecule has 4 rings (SSSR count). The van der Waals surface area contributed by atoms with Gasteiger partial charge in [-0.2, -0.15) is 0 Å². The molecular weight excluding hydrogens is 388 g/mol. The number of amides is 1. The van der Waals surface area contributed by atoms with E-state index in [0.29, 0.717) is 18.9 Å². The molecule has 2 heterocycles. The number of thiazole rings is 1. The van der Waals surface area contributed by atoms with E-state index in [1.807, 2.05) is 54.3 Å². The van der Waals surface area contributed by atoms with Crippen LogP contribution in [0.15, 0.2) is 59.5 Å². The Kier molecular flexibility index (Phi) is 5.98. The van der Waals surface area contributed by atoms with Crippen molar-refractivity contribution in [2.24, 2.45) is 0 Å². The standard InChI is InChI=1S/C22H22N2O2S2/c1-2-26-17-10-8-16(9-11-17)22-23-19-12-13-24(14-20(19)28-22)21(25)15-27-18-6-4-3-5-7-18/h3-11H,2,12-15H2,1H3. The summed E-state index contributed by atoms with van der Waals surface area (Å²) in [4.78, 5) is 21.7. The lowest BCUT2D eigenvalue weighted by Gasteiger charge is -2.26. The second-order valence-electron chi connectivity index (χ2n) is 6.51. The van der Waals surface area contributed by atoms with Crippen molar-refractivity contribution in [2.75, 3.05) is 18.9 Å². The molecular formula is C22H22N2O2S2. The number of aromatic nitrogens is 1. The van der Waals surface area contributed by atoms with Crippen molar-refractivity contribution in [1.29, 1.82) is 0 Å². The molecule has 28 heavy (non-hydrogen) atoms. The first-order valence-corrected chi connectivity index (χ1v) is 11.2. The molecule has 0 saturated carbocycles. The molecule has 3 aromatic rings. The molecule has 0 aliphatic carbocycles. The van der Waals surface area contributed by atoms with Gasteiger partial charge in [0.15, 0.2) is 0 Å². The predicted molar refractivity (Wildman–Crippen MR) is 115 cm³/mol. The lowest BCUT2D eigenvalue weighted by atomic mass is 10.2. The van der Waals surface area contributed by atoms with Crippen LogP contribution >= 0.6 is 23.1 Å². The zero-order valence-corrected chi connectivity index (χ0v) is 17.4. The van der Waals surface area contributed by atoms with Crippen LogP contribution in [0, 0.1) is 0 Å². The Morgan fingerprint density at radius 3 is 2.71 bits per heavy atom. The Labute approximate surface area is 173 Å². The van der Waals surface area contributed by atoms with E-state index in [1.54, 1.807) is 23.1 Å². The average Bonchev–Trinajstić information content (AvgIpc) is 3.17. The largest absolute Gasteiger partial charge is 0.494 e. The number of thioether (sulfide) groups is 1. The van der Waals surface area contributed by atoms with Crippen molar-refractivity contribution in [3.05, 3.63) is 65.2 Å². The first-order valence-electron chi connectivity index (χ1n) is 9.40. The molecule has 0 spiro atoms. The number of hydrogen-bond donors (Lipinski definition) is 0. The van der Waals surface area contributed by atoms with Gasteiger partial charge in [-0.05, 0) is 43.3 Å². The highest BCUT2D eigenvalue weighted by molar-refractivity contribution is 8.00. The van der Waals surface area contributed by atoms with Crippen molar-refractivity contribution in [3.8, 4) is 16.3 Å². The molecule has 0 atom stereocenters. The van der Waals surface area contributed by atoms with Crippen molar-refractivity contribution in [2.45, 2.75) is 24.8 Å². The maximum absolute atomic E-state index is 12.6. The first-order chi connectivity index (χ1) is 13.7. The Morgan fingerprint density at radius 1 is 1.18 bits per heavy atom. The summed E-state index contributed by atoms with van der Waals surface area (Å²) in [7, 11) is 0. The molecule has 0 radical (unpaired) electrons. The molecule has 1 aromatic heterocycles. The third kappa shape index (κ3) is 4.39. The number of carbonyl (C=O) groups excluding carboxylic acids is 1. The van der Waals surface area contributed by atoms with E-state index < -0.39 is 0 Å². The van der Waals surface area contributed by atoms with Crippen molar-refractivity contribution in [3.63, 3.8) is 0 Å². The van der Waals surface area contributed by atoms with E-state index in [0.717, 1.165) is 39.9 Å². The topological polar surface area (TPSA) is 42.4 Å². The number of ether oxygens (including phenoxy) is 1. The number of hydrogen-bond acceptors (Lipinski definition) is 5. The number of carbonyl (C=O) groups is 1. The van der Waals surface area contributed by atoms with Crippen LogP contribution in [-0.4, -0.2) is 34.7 Å². The molecule has 6 heteroatoms. The van der Waals surface area contributed by atoms with Crippen molar-refractivity contribution < 1.29 is 9.53 Å². The third-order valence-electron chi connectivity index (χ3n) is 4.60. The fourth-order valence-electron chi connectivity index (χ4n) is 3.15. The smallest absolute Gasteiger partial charge is 0.233 e. The van der Waals surface area contributed by atoms with Gasteiger partial charge < -0.3 is 9.64 Å². The van der Waals surface area contributed by atoms with E-state index in [4.69, 9.17) is 9.72 Å². The Balaban J connectivity index is 1.40. The molecule has 0 unspecified atom stereocenters. The fraction of sp³-hybridized carbons (Fsp3) is 0.273. The quantitative estimate of drug-likeness (QED) is 0.543. The van der Waals surface area contributed by atoms with E-state index >= 15 is 0 Å². The van der Waals surface area contributed by atoms with E-state index in [9.17, 15) is 4.79 Å². The lowest BCUT2D eigenvalue weighted by Crippen LogP contribution is -2.36. The van der Waals surface area contributed by atoms with Gasteiger partial charge >= 0.3 is 0 Å². The first kappa shape index (κ1) is 19.0. The fourth-order valence-corrected chi connectivity index (χ4v) is 5.10. The highest BCUT2D eigenvalue weighted by Gasteiger charge is 2.24. The zero-order valence-electron chi connectivity index (χ0n) is 15.8. The van der Waals surface area contributed by atoms with Gasteiger partial charge in [0, 0.05) is 28.3 Å². The summed E-state index contributed by atoms with van der Waals surface area (Å²) in [6.07, 6.45) is 0.824. The van der Waals surface area contributed by atoms with Gasteiger partial charge in [-0.25, -0.2) is 4.98 Å². The molecule has 1 amide bonds. The molecule has 144 valence electrons. The summed E-state index contributed by atoms with van der Waals surface area (Å²) in [5, 5.41) is 1.01. The molecule has 0 saturated heterocycles. The Hall–Kier alpha value is -2.31. The summed E-state index contributed by atoms with van der Waals surface area (Å²) >= 11 is 3.29. The molecule has 0 N–H and O–H groups in total. The lowest BCUT2D eigenvalue weighted by molar-refractivity contribution is -0.129. The normalized spacial score (nSPS) is 13.2. The minimum atomic E-state index is 0.190. The monoisotopic (exact) mass is 410 g/mol. The molecule has 0 fully saturated rings. The van der Waals surface area contributed by atoms with Gasteiger partial charge in [0.1, 0.15) is 10.8 Å². The number of fused-ring (bicyclic) bond motifs is 1. The van der Waals surface area contributed by atoms with Crippen LogP contribution in [0.3, 0.4) is 0 Å². The highest BCUT2D eigenvalue weighted by Crippen LogP contribution is 2.33.